The number of nitro groups is 1. The molecule has 7 heteroatoms. The number of nitrogens with zero attached hydrogens (tertiary/aromatic N) is 3. The van der Waals surface area contributed by atoms with Gasteiger partial charge in [0.1, 0.15) is 0 Å². The standard InChI is InChI=1S/C18H17N3O4/c22-17-5-3-1-2-4-16(17)19-10-12-20(13-11-19)18(23)14-6-8-15(9-7-14)21(24)25/h1-9H,10-13H2. The third-order valence-corrected chi connectivity index (χ3v) is 4.21. The molecule has 1 heterocycles. The molecule has 0 saturated carbocycles. The number of non-ortho nitro benzene ring substituents is 1. The number of carbonyl (C=O) groups excluding carboxylic acids is 1. The highest BCUT2D eigenvalue weighted by Gasteiger charge is 2.23. The summed E-state index contributed by atoms with van der Waals surface area (Å²) in [6.45, 7) is 2.12. The Kier molecular flexibility index (Phi) is 4.74. The number of hydrogen-bond acceptors (Lipinski definition) is 5. The topological polar surface area (TPSA) is 83.8 Å². The van der Waals surface area contributed by atoms with E-state index in [4.69, 9.17) is 0 Å². The van der Waals surface area contributed by atoms with Crippen molar-refractivity contribution in [2.45, 2.75) is 0 Å². The molecular formula is C18H17N3O4. The minimum atomic E-state index is -0.493. The van der Waals surface area contributed by atoms with Crippen molar-refractivity contribution >= 4 is 17.3 Å². The van der Waals surface area contributed by atoms with Crippen LogP contribution in [0.25, 0.3) is 0 Å². The molecule has 0 aromatic heterocycles. The number of hydrogen-bond donors (Lipinski definition) is 0. The third-order valence-electron chi connectivity index (χ3n) is 4.21. The summed E-state index contributed by atoms with van der Waals surface area (Å²) in [5.41, 5.74) is 0.976. The number of amides is 1. The van der Waals surface area contributed by atoms with Crippen molar-refractivity contribution in [2.75, 3.05) is 31.1 Å². The van der Waals surface area contributed by atoms with E-state index in [1.54, 1.807) is 23.1 Å². The molecule has 0 radical (unpaired) electrons. The summed E-state index contributed by atoms with van der Waals surface area (Å²) in [6.07, 6.45) is 0. The second-order valence-electron chi connectivity index (χ2n) is 5.74. The summed E-state index contributed by atoms with van der Waals surface area (Å²) in [4.78, 5) is 38.4. The van der Waals surface area contributed by atoms with Crippen molar-refractivity contribution in [3.63, 3.8) is 0 Å². The Labute approximate surface area is 144 Å². The maximum absolute atomic E-state index is 12.5. The van der Waals surface area contributed by atoms with Crippen LogP contribution in [0, 0.1) is 10.1 Å². The van der Waals surface area contributed by atoms with E-state index < -0.39 is 4.92 Å². The van der Waals surface area contributed by atoms with Crippen LogP contribution in [-0.2, 0) is 0 Å². The van der Waals surface area contributed by atoms with Crippen LogP contribution in [0.4, 0.5) is 11.4 Å². The van der Waals surface area contributed by atoms with E-state index in [9.17, 15) is 19.7 Å². The fraction of sp³-hybridized carbons (Fsp3) is 0.222. The predicted octanol–water partition coefficient (Wildman–Crippen LogP) is 1.92. The van der Waals surface area contributed by atoms with Crippen LogP contribution in [0.5, 0.6) is 0 Å². The molecule has 1 amide bonds. The van der Waals surface area contributed by atoms with Gasteiger partial charge in [0, 0.05) is 43.9 Å². The number of carbonyl (C=O) groups is 1. The highest BCUT2D eigenvalue weighted by atomic mass is 16.6. The molecular weight excluding hydrogens is 322 g/mol. The molecule has 3 rings (SSSR count). The highest BCUT2D eigenvalue weighted by Crippen LogP contribution is 2.16. The van der Waals surface area contributed by atoms with Crippen LogP contribution in [-0.4, -0.2) is 41.9 Å². The fourth-order valence-corrected chi connectivity index (χ4v) is 2.84. The molecule has 1 saturated heterocycles. The number of piperazine rings is 1. The van der Waals surface area contributed by atoms with E-state index in [0.717, 1.165) is 0 Å². The van der Waals surface area contributed by atoms with Gasteiger partial charge in [-0.15, -0.1) is 0 Å². The van der Waals surface area contributed by atoms with Crippen molar-refractivity contribution < 1.29 is 9.72 Å². The Morgan fingerprint density at radius 2 is 1.56 bits per heavy atom. The summed E-state index contributed by atoms with van der Waals surface area (Å²) < 4.78 is 0. The number of anilines is 1. The van der Waals surface area contributed by atoms with Crippen molar-refractivity contribution in [2.24, 2.45) is 0 Å². The van der Waals surface area contributed by atoms with E-state index >= 15 is 0 Å². The van der Waals surface area contributed by atoms with Gasteiger partial charge in [-0.25, -0.2) is 0 Å². The molecule has 2 aromatic carbocycles. The lowest BCUT2D eigenvalue weighted by Crippen LogP contribution is -2.49. The normalized spacial score (nSPS) is 14.2. The smallest absolute Gasteiger partial charge is 0.269 e. The first kappa shape index (κ1) is 16.6. The average Bonchev–Trinajstić information content (AvgIpc) is 2.86. The zero-order valence-corrected chi connectivity index (χ0v) is 13.5. The molecule has 0 N–H and O–H groups in total. The molecule has 2 aromatic rings. The van der Waals surface area contributed by atoms with Crippen LogP contribution in [0.3, 0.4) is 0 Å². The Balaban J connectivity index is 1.67. The van der Waals surface area contributed by atoms with Gasteiger partial charge in [0.25, 0.3) is 11.6 Å². The van der Waals surface area contributed by atoms with Crippen molar-refractivity contribution in [3.8, 4) is 0 Å². The summed E-state index contributed by atoms with van der Waals surface area (Å²) in [6, 6.07) is 14.3. The van der Waals surface area contributed by atoms with Gasteiger partial charge in [-0.2, -0.15) is 0 Å². The van der Waals surface area contributed by atoms with Gasteiger partial charge >= 0.3 is 0 Å². The van der Waals surface area contributed by atoms with Gasteiger partial charge in [-0.3, -0.25) is 19.7 Å². The lowest BCUT2D eigenvalue weighted by atomic mass is 10.1. The van der Waals surface area contributed by atoms with Crippen LogP contribution in [0.2, 0.25) is 0 Å². The van der Waals surface area contributed by atoms with E-state index in [0.29, 0.717) is 37.4 Å². The monoisotopic (exact) mass is 339 g/mol. The summed E-state index contributed by atoms with van der Waals surface area (Å²) in [5, 5.41) is 10.7. The number of benzene rings is 1. The lowest BCUT2D eigenvalue weighted by Gasteiger charge is -2.35. The molecule has 0 bridgehead atoms. The molecule has 0 unspecified atom stereocenters. The summed E-state index contributed by atoms with van der Waals surface area (Å²) >= 11 is 0. The molecule has 1 aliphatic rings. The lowest BCUT2D eigenvalue weighted by molar-refractivity contribution is -0.384. The van der Waals surface area contributed by atoms with Gasteiger partial charge in [0.15, 0.2) is 0 Å². The number of rotatable bonds is 3. The minimum Gasteiger partial charge on any atom is -0.365 e. The molecule has 0 atom stereocenters. The fourth-order valence-electron chi connectivity index (χ4n) is 2.84. The van der Waals surface area contributed by atoms with E-state index in [-0.39, 0.29) is 17.0 Å². The maximum Gasteiger partial charge on any atom is 0.269 e. The van der Waals surface area contributed by atoms with Gasteiger partial charge < -0.3 is 9.80 Å². The molecule has 1 fully saturated rings. The Morgan fingerprint density at radius 1 is 0.920 bits per heavy atom. The second-order valence-corrected chi connectivity index (χ2v) is 5.74. The molecule has 128 valence electrons. The van der Waals surface area contributed by atoms with Gasteiger partial charge in [0.2, 0.25) is 5.43 Å². The molecule has 1 aliphatic heterocycles. The molecule has 0 aliphatic carbocycles. The maximum atomic E-state index is 12.5. The Bertz CT molecular complexity index is 843. The average molecular weight is 339 g/mol. The van der Waals surface area contributed by atoms with E-state index in [1.165, 1.54) is 30.3 Å². The molecule has 0 spiro atoms. The predicted molar refractivity (Wildman–Crippen MR) is 93.9 cm³/mol. The third kappa shape index (κ3) is 3.65. The van der Waals surface area contributed by atoms with Crippen LogP contribution < -0.4 is 10.3 Å². The zero-order chi connectivity index (χ0) is 17.8. The Morgan fingerprint density at radius 3 is 2.20 bits per heavy atom. The van der Waals surface area contributed by atoms with Crippen molar-refractivity contribution in [1.82, 2.24) is 4.90 Å². The van der Waals surface area contributed by atoms with E-state index in [2.05, 4.69) is 0 Å². The summed E-state index contributed by atoms with van der Waals surface area (Å²) in [5.74, 6) is -0.157. The SMILES string of the molecule is O=C(c1ccc([N+](=O)[O-])cc1)N1CCN(c2cccccc2=O)CC1. The minimum absolute atomic E-state index is 0.0405. The highest BCUT2D eigenvalue weighted by molar-refractivity contribution is 5.94. The van der Waals surface area contributed by atoms with E-state index in [1.807, 2.05) is 11.0 Å². The van der Waals surface area contributed by atoms with Gasteiger partial charge in [-0.1, -0.05) is 18.2 Å². The van der Waals surface area contributed by atoms with Gasteiger partial charge in [-0.05, 0) is 24.3 Å². The van der Waals surface area contributed by atoms with Crippen LogP contribution in [0.15, 0.2) is 59.4 Å². The first-order chi connectivity index (χ1) is 12.1. The summed E-state index contributed by atoms with van der Waals surface area (Å²) in [7, 11) is 0. The first-order valence-electron chi connectivity index (χ1n) is 7.94. The largest absolute Gasteiger partial charge is 0.365 e. The van der Waals surface area contributed by atoms with Crippen molar-refractivity contribution in [3.05, 3.63) is 80.5 Å². The molecule has 25 heavy (non-hydrogen) atoms. The first-order valence-corrected chi connectivity index (χ1v) is 7.94. The van der Waals surface area contributed by atoms with Crippen LogP contribution >= 0.6 is 0 Å². The van der Waals surface area contributed by atoms with Gasteiger partial charge in [0.05, 0.1) is 10.6 Å². The van der Waals surface area contributed by atoms with Crippen LogP contribution in [0.1, 0.15) is 10.4 Å². The Hall–Kier alpha value is -3.22. The zero-order valence-electron chi connectivity index (χ0n) is 13.5. The second kappa shape index (κ2) is 7.12. The number of nitro benzene ring substituents is 1. The quantitative estimate of drug-likeness (QED) is 0.630. The molecule has 7 nitrogen and oxygen atoms in total. The van der Waals surface area contributed by atoms with Crippen molar-refractivity contribution in [1.29, 1.82) is 0 Å².